The molecule has 0 saturated heterocycles. The Kier molecular flexibility index (Phi) is 13.6. The van der Waals surface area contributed by atoms with Crippen LogP contribution in [-0.4, -0.2) is 43.1 Å². The number of hydrogen-bond acceptors (Lipinski definition) is 6. The molecule has 0 radical (unpaired) electrons. The highest BCUT2D eigenvalue weighted by molar-refractivity contribution is 6.28. The fourth-order valence-electron chi connectivity index (χ4n) is 0.778. The van der Waals surface area contributed by atoms with Crippen molar-refractivity contribution in [1.29, 1.82) is 0 Å². The summed E-state index contributed by atoms with van der Waals surface area (Å²) < 4.78 is 8.76. The number of methoxy groups -OCH3 is 1. The standard InChI is InChI=1S/C7H12O3.C5H7ClO3/c1-3-6(8)5-7(9)10-4-2;1-9-5(8)2-4(7)3-6/h3-5H2,1-2H3;2-3H2,1H3. The maximum atomic E-state index is 10.6. The predicted octanol–water partition coefficient (Wildman–Crippen LogP) is 1.28. The van der Waals surface area contributed by atoms with Gasteiger partial charge in [-0.2, -0.15) is 0 Å². The zero-order valence-electron chi connectivity index (χ0n) is 11.4. The molecule has 0 spiro atoms. The number of ether oxygens (including phenoxy) is 2. The van der Waals surface area contributed by atoms with Crippen LogP contribution in [-0.2, 0) is 28.7 Å². The average molecular weight is 295 g/mol. The third-order valence-corrected chi connectivity index (χ3v) is 2.06. The molecule has 19 heavy (non-hydrogen) atoms. The van der Waals surface area contributed by atoms with E-state index in [4.69, 9.17) is 11.6 Å². The van der Waals surface area contributed by atoms with Crippen molar-refractivity contribution in [2.45, 2.75) is 33.1 Å². The third-order valence-electron chi connectivity index (χ3n) is 1.76. The van der Waals surface area contributed by atoms with Gasteiger partial charge in [-0.25, -0.2) is 0 Å². The Labute approximate surface area is 117 Å². The highest BCUT2D eigenvalue weighted by Crippen LogP contribution is 1.91. The summed E-state index contributed by atoms with van der Waals surface area (Å²) in [4.78, 5) is 41.8. The van der Waals surface area contributed by atoms with E-state index in [-0.39, 0.29) is 30.3 Å². The molecule has 6 nitrogen and oxygen atoms in total. The minimum Gasteiger partial charge on any atom is -0.469 e. The Balaban J connectivity index is 0. The average Bonchev–Trinajstić information content (AvgIpc) is 2.39. The molecule has 0 aromatic rings. The topological polar surface area (TPSA) is 86.7 Å². The van der Waals surface area contributed by atoms with Crippen molar-refractivity contribution in [3.8, 4) is 0 Å². The van der Waals surface area contributed by atoms with Crippen molar-refractivity contribution >= 4 is 35.1 Å². The molecule has 0 rings (SSSR count). The van der Waals surface area contributed by atoms with Crippen LogP contribution in [0.2, 0.25) is 0 Å². The van der Waals surface area contributed by atoms with Gasteiger partial charge in [0.05, 0.1) is 19.6 Å². The molecule has 0 aliphatic carbocycles. The van der Waals surface area contributed by atoms with Gasteiger partial charge in [-0.3, -0.25) is 19.2 Å². The van der Waals surface area contributed by atoms with E-state index >= 15 is 0 Å². The number of carbonyl (C=O) groups is 4. The molecule has 0 aromatic carbocycles. The number of ketones is 2. The second-order valence-electron chi connectivity index (χ2n) is 3.30. The predicted molar refractivity (Wildman–Crippen MR) is 68.9 cm³/mol. The first-order valence-corrected chi connectivity index (χ1v) is 6.26. The van der Waals surface area contributed by atoms with Gasteiger partial charge in [0, 0.05) is 6.42 Å². The molecule has 0 amide bonds. The van der Waals surface area contributed by atoms with Gasteiger partial charge in [0.1, 0.15) is 18.6 Å². The summed E-state index contributed by atoms with van der Waals surface area (Å²) >= 11 is 5.10. The minimum atomic E-state index is -0.541. The first-order valence-electron chi connectivity index (χ1n) is 5.72. The minimum absolute atomic E-state index is 0.0709. The Morgan fingerprint density at radius 1 is 0.947 bits per heavy atom. The number of carbonyl (C=O) groups excluding carboxylic acids is 4. The van der Waals surface area contributed by atoms with Gasteiger partial charge < -0.3 is 9.47 Å². The third kappa shape index (κ3) is 14.5. The van der Waals surface area contributed by atoms with E-state index in [1.807, 2.05) is 0 Å². The van der Waals surface area contributed by atoms with Crippen LogP contribution in [0.4, 0.5) is 0 Å². The molecule has 0 aliphatic rings. The lowest BCUT2D eigenvalue weighted by Gasteiger charge is -1.97. The zero-order chi connectivity index (χ0) is 15.3. The van der Waals surface area contributed by atoms with E-state index in [2.05, 4.69) is 9.47 Å². The largest absolute Gasteiger partial charge is 0.469 e. The lowest BCUT2D eigenvalue weighted by Crippen LogP contribution is -2.09. The molecule has 0 unspecified atom stereocenters. The van der Waals surface area contributed by atoms with Crippen molar-refractivity contribution in [3.05, 3.63) is 0 Å². The number of alkyl halides is 1. The lowest BCUT2D eigenvalue weighted by molar-refractivity contribution is -0.146. The highest BCUT2D eigenvalue weighted by Gasteiger charge is 2.07. The molecule has 0 atom stereocenters. The molecule has 0 bridgehead atoms. The van der Waals surface area contributed by atoms with Crippen LogP contribution in [0, 0.1) is 0 Å². The Bertz CT molecular complexity index is 299. The number of Topliss-reactive ketones (excluding diaryl/α,β-unsaturated/α-hetero) is 2. The van der Waals surface area contributed by atoms with E-state index in [1.54, 1.807) is 13.8 Å². The van der Waals surface area contributed by atoms with Gasteiger partial charge in [-0.1, -0.05) is 6.92 Å². The summed E-state index contributed by atoms with van der Waals surface area (Å²) in [6, 6.07) is 0. The smallest absolute Gasteiger partial charge is 0.313 e. The number of rotatable bonds is 7. The van der Waals surface area contributed by atoms with Gasteiger partial charge in [0.25, 0.3) is 0 Å². The second kappa shape index (κ2) is 13.0. The van der Waals surface area contributed by atoms with Crippen molar-refractivity contribution in [2.24, 2.45) is 0 Å². The molecule has 0 fully saturated rings. The number of halogens is 1. The fraction of sp³-hybridized carbons (Fsp3) is 0.667. The highest BCUT2D eigenvalue weighted by atomic mass is 35.5. The molecule has 0 aliphatic heterocycles. The van der Waals surface area contributed by atoms with E-state index in [9.17, 15) is 19.2 Å². The number of esters is 2. The summed E-state index contributed by atoms with van der Waals surface area (Å²) in [5, 5.41) is 0. The molecular formula is C12H19ClO6. The zero-order valence-corrected chi connectivity index (χ0v) is 12.1. The van der Waals surface area contributed by atoms with Crippen LogP contribution in [0.15, 0.2) is 0 Å². The first kappa shape index (κ1) is 19.9. The summed E-state index contributed by atoms with van der Waals surface area (Å²) in [6.45, 7) is 3.78. The quantitative estimate of drug-likeness (QED) is 0.399. The Morgan fingerprint density at radius 2 is 1.47 bits per heavy atom. The first-order chi connectivity index (χ1) is 8.90. The van der Waals surface area contributed by atoms with Crippen LogP contribution in [0.1, 0.15) is 33.1 Å². The molecule has 7 heteroatoms. The van der Waals surface area contributed by atoms with E-state index in [0.717, 1.165) is 0 Å². The van der Waals surface area contributed by atoms with Crippen molar-refractivity contribution in [2.75, 3.05) is 19.6 Å². The van der Waals surface area contributed by atoms with Crippen molar-refractivity contribution < 1.29 is 28.7 Å². The van der Waals surface area contributed by atoms with Crippen LogP contribution in [0.25, 0.3) is 0 Å². The van der Waals surface area contributed by atoms with E-state index in [0.29, 0.717) is 13.0 Å². The van der Waals surface area contributed by atoms with Crippen LogP contribution in [0.5, 0.6) is 0 Å². The maximum absolute atomic E-state index is 10.6. The molecular weight excluding hydrogens is 276 g/mol. The lowest BCUT2D eigenvalue weighted by atomic mass is 10.2. The summed E-state index contributed by atoms with van der Waals surface area (Å²) in [5.41, 5.74) is 0. The Morgan fingerprint density at radius 3 is 1.84 bits per heavy atom. The summed E-state index contributed by atoms with van der Waals surface area (Å²) in [6.07, 6.45) is 0.100. The molecule has 0 saturated carbocycles. The summed E-state index contributed by atoms with van der Waals surface area (Å²) in [5.74, 6) is -1.48. The monoisotopic (exact) mass is 294 g/mol. The maximum Gasteiger partial charge on any atom is 0.313 e. The fourth-order valence-corrected chi connectivity index (χ4v) is 0.873. The van der Waals surface area contributed by atoms with Crippen molar-refractivity contribution in [3.63, 3.8) is 0 Å². The summed E-state index contributed by atoms with van der Waals surface area (Å²) in [7, 11) is 1.23. The molecule has 0 N–H and O–H groups in total. The van der Waals surface area contributed by atoms with Crippen LogP contribution in [0.3, 0.4) is 0 Å². The van der Waals surface area contributed by atoms with Crippen LogP contribution < -0.4 is 0 Å². The number of hydrogen-bond donors (Lipinski definition) is 0. The van der Waals surface area contributed by atoms with Gasteiger partial charge in [0.2, 0.25) is 0 Å². The normalized spacial score (nSPS) is 8.84. The van der Waals surface area contributed by atoms with Gasteiger partial charge in [-0.05, 0) is 6.92 Å². The molecule has 0 aromatic heterocycles. The molecule has 0 heterocycles. The van der Waals surface area contributed by atoms with Gasteiger partial charge in [0.15, 0.2) is 5.78 Å². The van der Waals surface area contributed by atoms with Crippen molar-refractivity contribution in [1.82, 2.24) is 0 Å². The Hall–Kier alpha value is -1.43. The second-order valence-corrected chi connectivity index (χ2v) is 3.57. The SMILES string of the molecule is CCOC(=O)CC(=O)CC.COC(=O)CC(=O)CCl. The van der Waals surface area contributed by atoms with Gasteiger partial charge in [-0.15, -0.1) is 11.6 Å². The molecule has 110 valence electrons. The van der Waals surface area contributed by atoms with E-state index < -0.39 is 11.9 Å². The van der Waals surface area contributed by atoms with Crippen LogP contribution >= 0.6 is 11.6 Å². The van der Waals surface area contributed by atoms with Gasteiger partial charge >= 0.3 is 11.9 Å². The van der Waals surface area contributed by atoms with E-state index in [1.165, 1.54) is 7.11 Å².